The highest BCUT2D eigenvalue weighted by Crippen LogP contribution is 2.29. The number of nitrogens with one attached hydrogen (secondary N) is 2. The van der Waals surface area contributed by atoms with Crippen molar-refractivity contribution in [2.45, 2.75) is 19.6 Å². The molecular formula is C20H17F3N4O2. The van der Waals surface area contributed by atoms with Crippen LogP contribution in [0.25, 0.3) is 0 Å². The third-order valence-corrected chi connectivity index (χ3v) is 4.03. The van der Waals surface area contributed by atoms with Crippen molar-refractivity contribution in [3.8, 4) is 0 Å². The molecule has 6 nitrogen and oxygen atoms in total. The van der Waals surface area contributed by atoms with Crippen LogP contribution in [0.4, 0.5) is 24.5 Å². The van der Waals surface area contributed by atoms with E-state index in [-0.39, 0.29) is 16.9 Å². The lowest BCUT2D eigenvalue weighted by molar-refractivity contribution is -0.137. The van der Waals surface area contributed by atoms with Gasteiger partial charge in [-0.15, -0.1) is 0 Å². The van der Waals surface area contributed by atoms with Crippen LogP contribution >= 0.6 is 0 Å². The highest BCUT2D eigenvalue weighted by Gasteiger charge is 2.31. The SMILES string of the molecule is CCn1cc(NC(=O)c2cccc(C(F)(F)F)c2)c(C(=O)Nc2ccccc2)n1. The lowest BCUT2D eigenvalue weighted by Crippen LogP contribution is -2.18. The molecule has 2 N–H and O–H groups in total. The maximum Gasteiger partial charge on any atom is 0.416 e. The van der Waals surface area contributed by atoms with Crippen molar-refractivity contribution >= 4 is 23.2 Å². The number of amides is 2. The lowest BCUT2D eigenvalue weighted by Gasteiger charge is -2.09. The summed E-state index contributed by atoms with van der Waals surface area (Å²) in [5, 5.41) is 9.28. The van der Waals surface area contributed by atoms with Gasteiger partial charge in [0.2, 0.25) is 0 Å². The summed E-state index contributed by atoms with van der Waals surface area (Å²) in [7, 11) is 0. The summed E-state index contributed by atoms with van der Waals surface area (Å²) in [5.74, 6) is -1.33. The average molecular weight is 402 g/mol. The van der Waals surface area contributed by atoms with Crippen LogP contribution in [0.2, 0.25) is 0 Å². The second kappa shape index (κ2) is 8.17. The molecule has 1 aromatic heterocycles. The molecule has 2 amide bonds. The predicted octanol–water partition coefficient (Wildman–Crippen LogP) is 4.43. The first-order chi connectivity index (χ1) is 13.8. The number of hydrogen-bond acceptors (Lipinski definition) is 3. The van der Waals surface area contributed by atoms with Crippen LogP contribution in [-0.2, 0) is 12.7 Å². The number of hydrogen-bond donors (Lipinski definition) is 2. The van der Waals surface area contributed by atoms with E-state index in [1.165, 1.54) is 16.9 Å². The molecule has 0 fully saturated rings. The molecular weight excluding hydrogens is 385 g/mol. The van der Waals surface area contributed by atoms with Crippen LogP contribution in [0, 0.1) is 0 Å². The molecule has 3 aromatic rings. The van der Waals surface area contributed by atoms with E-state index in [2.05, 4.69) is 15.7 Å². The Bertz CT molecular complexity index is 1030. The van der Waals surface area contributed by atoms with E-state index in [1.54, 1.807) is 37.3 Å². The molecule has 0 unspecified atom stereocenters. The highest BCUT2D eigenvalue weighted by atomic mass is 19.4. The van der Waals surface area contributed by atoms with Crippen LogP contribution in [-0.4, -0.2) is 21.6 Å². The predicted molar refractivity (Wildman–Crippen MR) is 102 cm³/mol. The molecule has 9 heteroatoms. The Morgan fingerprint density at radius 1 is 1.00 bits per heavy atom. The van der Waals surface area contributed by atoms with Crippen molar-refractivity contribution in [1.82, 2.24) is 9.78 Å². The first-order valence-corrected chi connectivity index (χ1v) is 8.70. The Kier molecular flexibility index (Phi) is 5.67. The van der Waals surface area contributed by atoms with Crippen molar-refractivity contribution in [3.63, 3.8) is 0 Å². The van der Waals surface area contributed by atoms with Gasteiger partial charge in [0.05, 0.1) is 11.3 Å². The highest BCUT2D eigenvalue weighted by molar-refractivity contribution is 6.11. The smallest absolute Gasteiger partial charge is 0.321 e. The summed E-state index contributed by atoms with van der Waals surface area (Å²) in [5.41, 5.74) is -0.521. The molecule has 0 saturated carbocycles. The van der Waals surface area contributed by atoms with E-state index < -0.39 is 23.6 Å². The van der Waals surface area contributed by atoms with Crippen molar-refractivity contribution in [3.05, 3.63) is 77.6 Å². The number of aryl methyl sites for hydroxylation is 1. The van der Waals surface area contributed by atoms with Gasteiger partial charge in [-0.05, 0) is 37.3 Å². The van der Waals surface area contributed by atoms with Gasteiger partial charge in [0.1, 0.15) is 0 Å². The van der Waals surface area contributed by atoms with E-state index in [1.807, 2.05) is 0 Å². The van der Waals surface area contributed by atoms with Crippen molar-refractivity contribution in [2.24, 2.45) is 0 Å². The third-order valence-electron chi connectivity index (χ3n) is 4.03. The quantitative estimate of drug-likeness (QED) is 0.663. The maximum absolute atomic E-state index is 12.9. The molecule has 0 aliphatic carbocycles. The summed E-state index contributed by atoms with van der Waals surface area (Å²) in [6.45, 7) is 2.23. The molecule has 0 spiro atoms. The maximum atomic E-state index is 12.9. The minimum Gasteiger partial charge on any atom is -0.321 e. The minimum absolute atomic E-state index is 0.0453. The summed E-state index contributed by atoms with van der Waals surface area (Å²) < 4.78 is 40.1. The molecule has 0 saturated heterocycles. The minimum atomic E-state index is -4.57. The molecule has 1 heterocycles. The van der Waals surface area contributed by atoms with Gasteiger partial charge in [0, 0.05) is 24.0 Å². The fourth-order valence-electron chi connectivity index (χ4n) is 2.59. The molecule has 3 rings (SSSR count). The standard InChI is InChI=1S/C20H17F3N4O2/c1-2-27-12-16(17(26-27)19(29)24-15-9-4-3-5-10-15)25-18(28)13-7-6-8-14(11-13)20(21,22)23/h3-12H,2H2,1H3,(H,24,29)(H,25,28). The first-order valence-electron chi connectivity index (χ1n) is 8.70. The first kappa shape index (κ1) is 20.1. The molecule has 0 atom stereocenters. The van der Waals surface area contributed by atoms with Gasteiger partial charge in [-0.2, -0.15) is 18.3 Å². The van der Waals surface area contributed by atoms with Gasteiger partial charge < -0.3 is 10.6 Å². The second-order valence-corrected chi connectivity index (χ2v) is 6.10. The number of para-hydroxylation sites is 1. The van der Waals surface area contributed by atoms with E-state index >= 15 is 0 Å². The largest absolute Gasteiger partial charge is 0.416 e. The van der Waals surface area contributed by atoms with Gasteiger partial charge in [-0.1, -0.05) is 24.3 Å². The number of carbonyl (C=O) groups excluding carboxylic acids is 2. The van der Waals surface area contributed by atoms with E-state index in [0.717, 1.165) is 18.2 Å². The number of rotatable bonds is 5. The fraction of sp³-hybridized carbons (Fsp3) is 0.150. The van der Waals surface area contributed by atoms with Crippen LogP contribution in [0.5, 0.6) is 0 Å². The fourth-order valence-corrected chi connectivity index (χ4v) is 2.59. The lowest BCUT2D eigenvalue weighted by atomic mass is 10.1. The Morgan fingerprint density at radius 2 is 1.72 bits per heavy atom. The third kappa shape index (κ3) is 4.81. The second-order valence-electron chi connectivity index (χ2n) is 6.10. The van der Waals surface area contributed by atoms with Gasteiger partial charge >= 0.3 is 6.18 Å². The van der Waals surface area contributed by atoms with Crippen LogP contribution in [0.3, 0.4) is 0 Å². The Balaban J connectivity index is 1.85. The van der Waals surface area contributed by atoms with Crippen molar-refractivity contribution in [2.75, 3.05) is 10.6 Å². The number of halogens is 3. The number of alkyl halides is 3. The number of carbonyl (C=O) groups is 2. The molecule has 2 aromatic carbocycles. The van der Waals surface area contributed by atoms with Crippen LogP contribution < -0.4 is 10.6 Å². The molecule has 0 aliphatic rings. The Labute approximate surface area is 164 Å². The van der Waals surface area contributed by atoms with Gasteiger partial charge in [0.15, 0.2) is 5.69 Å². The zero-order valence-corrected chi connectivity index (χ0v) is 15.3. The van der Waals surface area contributed by atoms with E-state index in [0.29, 0.717) is 12.2 Å². The van der Waals surface area contributed by atoms with Crippen LogP contribution in [0.1, 0.15) is 33.3 Å². The monoisotopic (exact) mass is 402 g/mol. The molecule has 0 bridgehead atoms. The summed E-state index contributed by atoms with van der Waals surface area (Å²) in [6.07, 6.45) is -3.12. The zero-order chi connectivity index (χ0) is 21.0. The molecule has 0 radical (unpaired) electrons. The molecule has 150 valence electrons. The normalized spacial score (nSPS) is 11.2. The summed E-state index contributed by atoms with van der Waals surface area (Å²) >= 11 is 0. The number of anilines is 2. The summed E-state index contributed by atoms with van der Waals surface area (Å²) in [4.78, 5) is 25.1. The topological polar surface area (TPSA) is 76.0 Å². The number of nitrogens with zero attached hydrogens (tertiary/aromatic N) is 2. The van der Waals surface area contributed by atoms with Gasteiger partial charge in [0.25, 0.3) is 11.8 Å². The van der Waals surface area contributed by atoms with Gasteiger partial charge in [-0.25, -0.2) is 0 Å². The van der Waals surface area contributed by atoms with E-state index in [4.69, 9.17) is 0 Å². The number of benzene rings is 2. The Hall–Kier alpha value is -3.62. The van der Waals surface area contributed by atoms with E-state index in [9.17, 15) is 22.8 Å². The zero-order valence-electron chi connectivity index (χ0n) is 15.3. The number of aromatic nitrogens is 2. The summed E-state index contributed by atoms with van der Waals surface area (Å²) in [6, 6.07) is 12.7. The molecule has 0 aliphatic heterocycles. The van der Waals surface area contributed by atoms with Crippen molar-refractivity contribution < 1.29 is 22.8 Å². The van der Waals surface area contributed by atoms with Crippen LogP contribution in [0.15, 0.2) is 60.8 Å². The van der Waals surface area contributed by atoms with Crippen molar-refractivity contribution in [1.29, 1.82) is 0 Å². The Morgan fingerprint density at radius 3 is 2.38 bits per heavy atom. The van der Waals surface area contributed by atoms with Gasteiger partial charge in [-0.3, -0.25) is 14.3 Å². The molecule has 29 heavy (non-hydrogen) atoms. The average Bonchev–Trinajstić information content (AvgIpc) is 3.11.